The smallest absolute Gasteiger partial charge is 0.118 e. The number of hydrogen-bond donors (Lipinski definition) is 4. The minimum absolute atomic E-state index is 0.207. The Morgan fingerprint density at radius 1 is 0.880 bits per heavy atom. The fraction of sp³-hybridized carbons (Fsp3) is 0.400. The van der Waals surface area contributed by atoms with E-state index in [-0.39, 0.29) is 6.61 Å². The third-order valence-electron chi connectivity index (χ3n) is 4.58. The topological polar surface area (TPSA) is 102 Å². The number of ether oxygens (including phenoxy) is 1. The average Bonchev–Trinajstić information content (AvgIpc) is 2.63. The van der Waals surface area contributed by atoms with Gasteiger partial charge >= 0.3 is 0 Å². The summed E-state index contributed by atoms with van der Waals surface area (Å²) < 4.78 is 5.14. The molecule has 0 aliphatic heterocycles. The average molecular weight is 344 g/mol. The SMILES string of the molecule is COc1ccc(C[C@H](N)[C@H](CO)[C@H](O)[C@@H](N)Cc2ccccc2)cc1. The van der Waals surface area contributed by atoms with Crippen LogP contribution in [0.25, 0.3) is 0 Å². The standard InChI is InChI=1S/C20H28N2O3/c1-25-16-9-7-15(8-10-16)11-18(21)17(13-23)20(24)19(22)12-14-5-3-2-4-6-14/h2-10,17-20,23-24H,11-13,21-22H2,1H3/t17-,18-,19-,20-/m0/s1. The molecule has 6 N–H and O–H groups in total. The second kappa shape index (κ2) is 9.53. The molecule has 2 rings (SSSR count). The van der Waals surface area contributed by atoms with Gasteiger partial charge in [-0.05, 0) is 36.1 Å². The van der Waals surface area contributed by atoms with Crippen molar-refractivity contribution in [2.45, 2.75) is 31.0 Å². The molecule has 5 heteroatoms. The molecular formula is C20H28N2O3. The van der Waals surface area contributed by atoms with Gasteiger partial charge in [0.2, 0.25) is 0 Å². The number of hydrogen-bond acceptors (Lipinski definition) is 5. The molecule has 0 amide bonds. The Bertz CT molecular complexity index is 619. The number of aliphatic hydroxyl groups excluding tert-OH is 2. The Hall–Kier alpha value is -1.92. The molecule has 0 bridgehead atoms. The van der Waals surface area contributed by atoms with Crippen molar-refractivity contribution < 1.29 is 14.9 Å². The van der Waals surface area contributed by atoms with E-state index in [1.165, 1.54) is 0 Å². The van der Waals surface area contributed by atoms with Crippen molar-refractivity contribution in [1.82, 2.24) is 0 Å². The third-order valence-corrected chi connectivity index (χ3v) is 4.58. The molecule has 0 saturated carbocycles. The minimum atomic E-state index is -0.876. The second-order valence-corrected chi connectivity index (χ2v) is 6.41. The highest BCUT2D eigenvalue weighted by Crippen LogP contribution is 2.18. The number of nitrogens with two attached hydrogens (primary N) is 2. The van der Waals surface area contributed by atoms with E-state index in [9.17, 15) is 10.2 Å². The fourth-order valence-electron chi connectivity index (χ4n) is 3.01. The molecule has 25 heavy (non-hydrogen) atoms. The zero-order valence-electron chi connectivity index (χ0n) is 14.6. The predicted molar refractivity (Wildman–Crippen MR) is 99.4 cm³/mol. The molecule has 0 aliphatic rings. The van der Waals surface area contributed by atoms with E-state index < -0.39 is 24.1 Å². The van der Waals surface area contributed by atoms with Crippen molar-refractivity contribution >= 4 is 0 Å². The third kappa shape index (κ3) is 5.54. The molecule has 4 atom stereocenters. The van der Waals surface area contributed by atoms with Crippen LogP contribution in [0.3, 0.4) is 0 Å². The first-order valence-electron chi connectivity index (χ1n) is 8.52. The maximum absolute atomic E-state index is 10.6. The summed E-state index contributed by atoms with van der Waals surface area (Å²) >= 11 is 0. The molecule has 0 spiro atoms. The van der Waals surface area contributed by atoms with Gasteiger partial charge in [-0.2, -0.15) is 0 Å². The van der Waals surface area contributed by atoms with Gasteiger partial charge in [-0.15, -0.1) is 0 Å². The monoisotopic (exact) mass is 344 g/mol. The zero-order valence-corrected chi connectivity index (χ0v) is 14.6. The molecule has 2 aromatic rings. The summed E-state index contributed by atoms with van der Waals surface area (Å²) in [7, 11) is 1.62. The lowest BCUT2D eigenvalue weighted by atomic mass is 9.85. The lowest BCUT2D eigenvalue weighted by molar-refractivity contribution is 0.0346. The number of methoxy groups -OCH3 is 1. The summed E-state index contributed by atoms with van der Waals surface area (Å²) in [6, 6.07) is 16.5. The quantitative estimate of drug-likeness (QED) is 0.546. The van der Waals surface area contributed by atoms with Gasteiger partial charge < -0.3 is 26.4 Å². The highest BCUT2D eigenvalue weighted by atomic mass is 16.5. The lowest BCUT2D eigenvalue weighted by Gasteiger charge is -2.30. The van der Waals surface area contributed by atoms with Gasteiger partial charge in [0.1, 0.15) is 5.75 Å². The van der Waals surface area contributed by atoms with E-state index in [4.69, 9.17) is 16.2 Å². The van der Waals surface area contributed by atoms with E-state index in [0.29, 0.717) is 12.8 Å². The van der Waals surface area contributed by atoms with Gasteiger partial charge in [-0.25, -0.2) is 0 Å². The first kappa shape index (κ1) is 19.4. The van der Waals surface area contributed by atoms with Crippen molar-refractivity contribution in [3.8, 4) is 5.75 Å². The lowest BCUT2D eigenvalue weighted by Crippen LogP contribution is -2.50. The van der Waals surface area contributed by atoms with Gasteiger partial charge in [-0.3, -0.25) is 0 Å². The molecule has 0 unspecified atom stereocenters. The molecule has 5 nitrogen and oxygen atoms in total. The van der Waals surface area contributed by atoms with Crippen LogP contribution in [0.2, 0.25) is 0 Å². The maximum atomic E-state index is 10.6. The van der Waals surface area contributed by atoms with Crippen molar-refractivity contribution in [2.75, 3.05) is 13.7 Å². The summed E-state index contributed by atoms with van der Waals surface area (Å²) in [5, 5.41) is 20.3. The van der Waals surface area contributed by atoms with Crippen molar-refractivity contribution in [3.05, 3.63) is 65.7 Å². The number of aliphatic hydroxyl groups is 2. The Morgan fingerprint density at radius 3 is 2.00 bits per heavy atom. The summed E-state index contributed by atoms with van der Waals surface area (Å²) in [6.07, 6.45) is 0.205. The van der Waals surface area contributed by atoms with Crippen LogP contribution in [-0.2, 0) is 12.8 Å². The van der Waals surface area contributed by atoms with Crippen LogP contribution >= 0.6 is 0 Å². The van der Waals surface area contributed by atoms with Crippen LogP contribution in [0.5, 0.6) is 5.75 Å². The fourth-order valence-corrected chi connectivity index (χ4v) is 3.01. The van der Waals surface area contributed by atoms with Gasteiger partial charge in [0.25, 0.3) is 0 Å². The predicted octanol–water partition coefficient (Wildman–Crippen LogP) is 1.10. The molecule has 0 fully saturated rings. The molecule has 2 aromatic carbocycles. The van der Waals surface area contributed by atoms with E-state index in [1.54, 1.807) is 7.11 Å². The van der Waals surface area contributed by atoms with Gasteiger partial charge in [-0.1, -0.05) is 42.5 Å². The maximum Gasteiger partial charge on any atom is 0.118 e. The first-order valence-corrected chi connectivity index (χ1v) is 8.52. The Kier molecular flexibility index (Phi) is 7.40. The van der Waals surface area contributed by atoms with Crippen molar-refractivity contribution in [1.29, 1.82) is 0 Å². The largest absolute Gasteiger partial charge is 0.497 e. The molecule has 0 aliphatic carbocycles. The highest BCUT2D eigenvalue weighted by Gasteiger charge is 2.30. The zero-order chi connectivity index (χ0) is 18.2. The number of benzene rings is 2. The highest BCUT2D eigenvalue weighted by molar-refractivity contribution is 5.27. The molecular weight excluding hydrogens is 316 g/mol. The molecule has 0 aromatic heterocycles. The van der Waals surface area contributed by atoms with Gasteiger partial charge in [0.15, 0.2) is 0 Å². The Balaban J connectivity index is 1.98. The van der Waals surface area contributed by atoms with E-state index in [1.807, 2.05) is 54.6 Å². The minimum Gasteiger partial charge on any atom is -0.497 e. The molecule has 136 valence electrons. The van der Waals surface area contributed by atoms with E-state index in [0.717, 1.165) is 16.9 Å². The second-order valence-electron chi connectivity index (χ2n) is 6.41. The molecule has 0 radical (unpaired) electrons. The van der Waals surface area contributed by atoms with Crippen LogP contribution in [-0.4, -0.2) is 42.1 Å². The molecule has 0 saturated heterocycles. The summed E-state index contributed by atoms with van der Waals surface area (Å²) in [4.78, 5) is 0. The van der Waals surface area contributed by atoms with Crippen molar-refractivity contribution in [2.24, 2.45) is 17.4 Å². The molecule has 0 heterocycles. The summed E-state index contributed by atoms with van der Waals surface area (Å²) in [6.45, 7) is -0.207. The summed E-state index contributed by atoms with van der Waals surface area (Å²) in [5.74, 6) is 0.293. The van der Waals surface area contributed by atoms with Crippen LogP contribution in [0.15, 0.2) is 54.6 Å². The van der Waals surface area contributed by atoms with E-state index >= 15 is 0 Å². The van der Waals surface area contributed by atoms with Gasteiger partial charge in [0, 0.05) is 24.6 Å². The normalized spacial score (nSPS) is 16.0. The van der Waals surface area contributed by atoms with Crippen LogP contribution in [0.4, 0.5) is 0 Å². The van der Waals surface area contributed by atoms with Crippen LogP contribution in [0, 0.1) is 5.92 Å². The van der Waals surface area contributed by atoms with E-state index in [2.05, 4.69) is 0 Å². The van der Waals surface area contributed by atoms with Crippen LogP contribution < -0.4 is 16.2 Å². The summed E-state index contributed by atoms with van der Waals surface area (Å²) in [5.41, 5.74) is 14.5. The van der Waals surface area contributed by atoms with Crippen molar-refractivity contribution in [3.63, 3.8) is 0 Å². The van der Waals surface area contributed by atoms with Gasteiger partial charge in [0.05, 0.1) is 13.2 Å². The Morgan fingerprint density at radius 2 is 1.44 bits per heavy atom. The number of rotatable bonds is 9. The first-order chi connectivity index (χ1) is 12.0. The Labute approximate surface area is 149 Å². The van der Waals surface area contributed by atoms with Crippen LogP contribution in [0.1, 0.15) is 11.1 Å².